The lowest BCUT2D eigenvalue weighted by molar-refractivity contribution is -0.265. The molecule has 0 nitrogen and oxygen atoms in total. The van der Waals surface area contributed by atoms with Crippen LogP contribution in [0.1, 0.15) is 13.8 Å². The zero-order valence-electron chi connectivity index (χ0n) is 7.52. The molecule has 8 heteroatoms. The zero-order chi connectivity index (χ0) is 12.7. The van der Waals surface area contributed by atoms with Crippen molar-refractivity contribution < 1.29 is 35.1 Å². The van der Waals surface area contributed by atoms with Crippen LogP contribution >= 0.6 is 0 Å². The van der Waals surface area contributed by atoms with Crippen molar-refractivity contribution in [2.24, 2.45) is 0 Å². The maximum Gasteiger partial charge on any atom is 0.457 e. The van der Waals surface area contributed by atoms with Gasteiger partial charge in [0, 0.05) is 11.1 Å². The van der Waals surface area contributed by atoms with E-state index in [1.807, 2.05) is 0 Å². The van der Waals surface area contributed by atoms with E-state index in [0.29, 0.717) is 0 Å². The monoisotopic (exact) mass is 242 g/mol. The average molecular weight is 242 g/mol. The predicted molar refractivity (Wildman–Crippen MR) is 35.4 cm³/mol. The first-order chi connectivity index (χ1) is 6.32. The number of rotatable bonds is 1. The van der Waals surface area contributed by atoms with Gasteiger partial charge in [-0.25, -0.2) is 0 Å². The Hall–Kier alpha value is -0.820. The molecular formula is C7H6F8. The van der Waals surface area contributed by atoms with Gasteiger partial charge in [-0.05, 0) is 13.8 Å². The van der Waals surface area contributed by atoms with Gasteiger partial charge in [-0.3, -0.25) is 0 Å². The van der Waals surface area contributed by atoms with E-state index in [1.54, 1.807) is 0 Å². The molecule has 15 heavy (non-hydrogen) atoms. The van der Waals surface area contributed by atoms with Crippen LogP contribution in [-0.4, -0.2) is 18.3 Å². The van der Waals surface area contributed by atoms with Crippen LogP contribution in [0.25, 0.3) is 0 Å². The van der Waals surface area contributed by atoms with E-state index in [0.717, 1.165) is 0 Å². The first-order valence-electron chi connectivity index (χ1n) is 3.51. The van der Waals surface area contributed by atoms with Crippen molar-refractivity contribution in [3.05, 3.63) is 11.1 Å². The second-order valence-electron chi connectivity index (χ2n) is 2.82. The maximum atomic E-state index is 12.4. The Morgan fingerprint density at radius 2 is 1.00 bits per heavy atom. The molecule has 0 atom stereocenters. The SMILES string of the molecule is CC(=C(C)C(F)(F)C(F)(F)F)C(F)(F)F. The van der Waals surface area contributed by atoms with Gasteiger partial charge in [0.05, 0.1) is 0 Å². The van der Waals surface area contributed by atoms with Gasteiger partial charge in [0.25, 0.3) is 0 Å². The highest BCUT2D eigenvalue weighted by Crippen LogP contribution is 2.44. The Morgan fingerprint density at radius 1 is 0.667 bits per heavy atom. The van der Waals surface area contributed by atoms with Gasteiger partial charge in [-0.1, -0.05) is 0 Å². The lowest BCUT2D eigenvalue weighted by Crippen LogP contribution is -2.39. The third-order valence-corrected chi connectivity index (χ3v) is 1.81. The van der Waals surface area contributed by atoms with Gasteiger partial charge in [0.15, 0.2) is 0 Å². The minimum atomic E-state index is -6.02. The molecule has 0 heterocycles. The van der Waals surface area contributed by atoms with Crippen molar-refractivity contribution in [3.8, 4) is 0 Å². The summed E-state index contributed by atoms with van der Waals surface area (Å²) in [5.41, 5.74) is -3.98. The topological polar surface area (TPSA) is 0 Å². The molecule has 0 aromatic heterocycles. The van der Waals surface area contributed by atoms with E-state index in [-0.39, 0.29) is 13.8 Å². The molecule has 0 radical (unpaired) electrons. The summed E-state index contributed by atoms with van der Waals surface area (Å²) in [5.74, 6) is -5.47. The minimum absolute atomic E-state index is 0.107. The molecule has 0 aliphatic heterocycles. The Bertz CT molecular complexity index is 266. The molecule has 0 rings (SSSR count). The molecule has 0 aliphatic carbocycles. The highest BCUT2D eigenvalue weighted by molar-refractivity contribution is 5.23. The fraction of sp³-hybridized carbons (Fsp3) is 0.714. The average Bonchev–Trinajstić information content (AvgIpc) is 1.97. The lowest BCUT2D eigenvalue weighted by atomic mass is 10.0. The Balaban J connectivity index is 5.44. The minimum Gasteiger partial charge on any atom is -0.191 e. The largest absolute Gasteiger partial charge is 0.457 e. The third kappa shape index (κ3) is 2.82. The molecule has 0 aliphatic rings. The summed E-state index contributed by atoms with van der Waals surface area (Å²) in [5, 5.41) is 0. The van der Waals surface area contributed by atoms with Gasteiger partial charge in [0.2, 0.25) is 0 Å². The first kappa shape index (κ1) is 14.2. The summed E-state index contributed by atoms with van der Waals surface area (Å²) < 4.78 is 95.5. The van der Waals surface area contributed by atoms with Gasteiger partial charge in [-0.2, -0.15) is 35.1 Å². The van der Waals surface area contributed by atoms with Gasteiger partial charge in [-0.15, -0.1) is 0 Å². The first-order valence-corrected chi connectivity index (χ1v) is 3.51. The van der Waals surface area contributed by atoms with E-state index < -0.39 is 29.4 Å². The third-order valence-electron chi connectivity index (χ3n) is 1.81. The number of hydrogen-bond acceptors (Lipinski definition) is 0. The van der Waals surface area contributed by atoms with Crippen molar-refractivity contribution in [1.82, 2.24) is 0 Å². The molecule has 0 fully saturated rings. The van der Waals surface area contributed by atoms with Crippen LogP contribution in [-0.2, 0) is 0 Å². The molecule has 0 bridgehead atoms. The normalized spacial score (nSPS) is 16.4. The number of alkyl halides is 8. The highest BCUT2D eigenvalue weighted by atomic mass is 19.4. The van der Waals surface area contributed by atoms with Crippen molar-refractivity contribution in [2.75, 3.05) is 0 Å². The second-order valence-corrected chi connectivity index (χ2v) is 2.82. The summed E-state index contributed by atoms with van der Waals surface area (Å²) in [6.07, 6.45) is -11.2. The Labute approximate surface area is 79.6 Å². The molecular weight excluding hydrogens is 236 g/mol. The smallest absolute Gasteiger partial charge is 0.191 e. The van der Waals surface area contributed by atoms with Crippen molar-refractivity contribution >= 4 is 0 Å². The molecule has 0 spiro atoms. The number of halogens is 8. The fourth-order valence-corrected chi connectivity index (χ4v) is 0.661. The van der Waals surface area contributed by atoms with Crippen LogP contribution in [0.5, 0.6) is 0 Å². The standard InChI is InChI=1S/C7H6F8/c1-3(4(2)6(10,11)12)5(8,9)7(13,14)15/h1-2H3. The summed E-state index contributed by atoms with van der Waals surface area (Å²) >= 11 is 0. The van der Waals surface area contributed by atoms with Gasteiger partial charge < -0.3 is 0 Å². The van der Waals surface area contributed by atoms with Crippen LogP contribution in [0.3, 0.4) is 0 Å². The summed E-state index contributed by atoms with van der Waals surface area (Å²) in [4.78, 5) is 0. The van der Waals surface area contributed by atoms with Crippen molar-refractivity contribution in [3.63, 3.8) is 0 Å². The van der Waals surface area contributed by atoms with Crippen LogP contribution in [0.2, 0.25) is 0 Å². The van der Waals surface area contributed by atoms with Crippen LogP contribution < -0.4 is 0 Å². The van der Waals surface area contributed by atoms with E-state index in [2.05, 4.69) is 0 Å². The van der Waals surface area contributed by atoms with E-state index in [9.17, 15) is 35.1 Å². The zero-order valence-corrected chi connectivity index (χ0v) is 7.52. The van der Waals surface area contributed by atoms with E-state index in [1.165, 1.54) is 0 Å². The lowest BCUT2D eigenvalue weighted by Gasteiger charge is -2.23. The molecule has 0 aromatic carbocycles. The molecule has 0 unspecified atom stereocenters. The quantitative estimate of drug-likeness (QED) is 0.480. The fourth-order valence-electron chi connectivity index (χ4n) is 0.661. The molecule has 0 saturated carbocycles. The second kappa shape index (κ2) is 3.64. The van der Waals surface area contributed by atoms with E-state index >= 15 is 0 Å². The Morgan fingerprint density at radius 3 is 1.20 bits per heavy atom. The Kier molecular flexibility index (Phi) is 3.44. The van der Waals surface area contributed by atoms with Crippen molar-refractivity contribution in [2.45, 2.75) is 32.1 Å². The van der Waals surface area contributed by atoms with Crippen LogP contribution in [0, 0.1) is 0 Å². The molecule has 0 amide bonds. The predicted octanol–water partition coefficient (Wildman–Crippen LogP) is 4.08. The van der Waals surface area contributed by atoms with Crippen LogP contribution in [0.15, 0.2) is 11.1 Å². The van der Waals surface area contributed by atoms with Crippen molar-refractivity contribution in [1.29, 1.82) is 0 Å². The number of allylic oxidation sites excluding steroid dienone is 2. The molecule has 90 valence electrons. The molecule has 0 N–H and O–H groups in total. The maximum absolute atomic E-state index is 12.4. The van der Waals surface area contributed by atoms with Gasteiger partial charge >= 0.3 is 18.3 Å². The van der Waals surface area contributed by atoms with Gasteiger partial charge in [0.1, 0.15) is 0 Å². The molecule has 0 aromatic rings. The van der Waals surface area contributed by atoms with Crippen LogP contribution in [0.4, 0.5) is 35.1 Å². The number of hydrogen-bond donors (Lipinski definition) is 0. The van der Waals surface area contributed by atoms with E-state index in [4.69, 9.17) is 0 Å². The summed E-state index contributed by atoms with van der Waals surface area (Å²) in [6.45, 7) is 0.283. The summed E-state index contributed by atoms with van der Waals surface area (Å²) in [6, 6.07) is 0. The highest BCUT2D eigenvalue weighted by Gasteiger charge is 2.60. The molecule has 0 saturated heterocycles. The summed E-state index contributed by atoms with van der Waals surface area (Å²) in [7, 11) is 0.